The molecule has 0 N–H and O–H groups in total. The lowest BCUT2D eigenvalue weighted by Crippen LogP contribution is -2.46. The predicted molar refractivity (Wildman–Crippen MR) is 143 cm³/mol. The number of amides is 2. The van der Waals surface area contributed by atoms with Crippen LogP contribution in [0.5, 0.6) is 0 Å². The Labute approximate surface area is 222 Å². The highest BCUT2D eigenvalue weighted by molar-refractivity contribution is 7.89. The molecule has 1 aliphatic rings. The third kappa shape index (κ3) is 4.69. The second-order valence-corrected chi connectivity index (χ2v) is 11.4. The Kier molecular flexibility index (Phi) is 7.18. The Morgan fingerprint density at radius 3 is 2.32 bits per heavy atom. The van der Waals surface area contributed by atoms with Crippen molar-refractivity contribution in [3.8, 4) is 23.0 Å². The fraction of sp³-hybridized carbons (Fsp3) is 0.214. The van der Waals surface area contributed by atoms with E-state index in [1.807, 2.05) is 36.4 Å². The monoisotopic (exact) mass is 529 g/mol. The maximum Gasteiger partial charge on any atom is 0.271 e. The smallest absolute Gasteiger partial charge is 0.271 e. The minimum Gasteiger partial charge on any atom is -0.271 e. The predicted octanol–water partition coefficient (Wildman–Crippen LogP) is 3.79. The van der Waals surface area contributed by atoms with Crippen LogP contribution in [0.1, 0.15) is 26.3 Å². The number of rotatable bonds is 6. The second-order valence-electron chi connectivity index (χ2n) is 9.27. The van der Waals surface area contributed by atoms with Crippen molar-refractivity contribution < 1.29 is 18.0 Å². The van der Waals surface area contributed by atoms with Gasteiger partial charge in [-0.2, -0.15) is 10.4 Å². The zero-order valence-electron chi connectivity index (χ0n) is 21.7. The number of hydrogen-bond acceptors (Lipinski definition) is 6. The average molecular weight is 530 g/mol. The van der Waals surface area contributed by atoms with E-state index in [0.29, 0.717) is 16.8 Å². The molecular weight excluding hydrogens is 502 g/mol. The van der Waals surface area contributed by atoms with Gasteiger partial charge in [0.05, 0.1) is 10.6 Å². The average Bonchev–Trinajstić information content (AvgIpc) is 3.31. The zero-order chi connectivity index (χ0) is 27.8. The van der Waals surface area contributed by atoms with E-state index in [0.717, 1.165) is 14.9 Å². The van der Waals surface area contributed by atoms with E-state index in [1.165, 1.54) is 26.2 Å². The zero-order valence-corrected chi connectivity index (χ0v) is 22.5. The number of nitriles is 1. The first kappa shape index (κ1) is 26.7. The molecule has 0 saturated heterocycles. The summed E-state index contributed by atoms with van der Waals surface area (Å²) in [4.78, 5) is 27.4. The minimum absolute atomic E-state index is 0.0966. The van der Waals surface area contributed by atoms with Crippen molar-refractivity contribution in [1.82, 2.24) is 19.0 Å². The van der Waals surface area contributed by atoms with E-state index in [2.05, 4.69) is 0 Å². The molecule has 0 saturated carbocycles. The quantitative estimate of drug-likeness (QED) is 0.354. The summed E-state index contributed by atoms with van der Waals surface area (Å²) in [5, 5.41) is 14.4. The first-order chi connectivity index (χ1) is 18.0. The number of nitrogens with zero attached hydrogens (tertiary/aromatic N) is 5. The summed E-state index contributed by atoms with van der Waals surface area (Å²) in [6.07, 6.45) is 3.33. The number of para-hydroxylation sites is 1. The van der Waals surface area contributed by atoms with Crippen molar-refractivity contribution >= 4 is 27.9 Å². The molecule has 194 valence electrons. The molecule has 2 heterocycles. The molecule has 0 unspecified atom stereocenters. The molecule has 10 heteroatoms. The lowest BCUT2D eigenvalue weighted by molar-refractivity contribution is -0.142. The third-order valence-electron chi connectivity index (χ3n) is 6.24. The number of benzene rings is 2. The van der Waals surface area contributed by atoms with Gasteiger partial charge in [0.1, 0.15) is 17.3 Å². The SMILES string of the molecule is CC1=C(C#N)C(=O)N(C(C)C)C(=O)/C1=C/c1cn(-c2ccccc2)nc1-c1cccc(S(=O)(=O)N(C)C)c1. The molecule has 0 spiro atoms. The summed E-state index contributed by atoms with van der Waals surface area (Å²) in [7, 11) is -0.785. The summed E-state index contributed by atoms with van der Waals surface area (Å²) >= 11 is 0. The van der Waals surface area contributed by atoms with Gasteiger partial charge >= 0.3 is 0 Å². The third-order valence-corrected chi connectivity index (χ3v) is 8.05. The van der Waals surface area contributed by atoms with Crippen molar-refractivity contribution in [2.45, 2.75) is 31.7 Å². The molecule has 0 fully saturated rings. The van der Waals surface area contributed by atoms with Crippen LogP contribution < -0.4 is 0 Å². The van der Waals surface area contributed by atoms with Crippen molar-refractivity contribution in [3.63, 3.8) is 0 Å². The Morgan fingerprint density at radius 2 is 1.71 bits per heavy atom. The summed E-state index contributed by atoms with van der Waals surface area (Å²) in [5.41, 5.74) is 2.62. The summed E-state index contributed by atoms with van der Waals surface area (Å²) in [6.45, 7) is 4.99. The summed E-state index contributed by atoms with van der Waals surface area (Å²) in [6, 6.07) is 17.2. The van der Waals surface area contributed by atoms with Gasteiger partial charge in [0.25, 0.3) is 11.8 Å². The van der Waals surface area contributed by atoms with Crippen molar-refractivity contribution in [1.29, 1.82) is 5.26 Å². The maximum atomic E-state index is 13.4. The molecule has 0 bridgehead atoms. The molecule has 4 rings (SSSR count). The van der Waals surface area contributed by atoms with E-state index in [4.69, 9.17) is 5.10 Å². The molecule has 2 aromatic carbocycles. The fourth-order valence-electron chi connectivity index (χ4n) is 4.17. The molecule has 38 heavy (non-hydrogen) atoms. The Hall–Kier alpha value is -4.33. The van der Waals surface area contributed by atoms with Crippen LogP contribution in [0.25, 0.3) is 23.0 Å². The van der Waals surface area contributed by atoms with Crippen LogP contribution in [0.3, 0.4) is 0 Å². The molecule has 3 aromatic rings. The molecule has 0 atom stereocenters. The van der Waals surface area contributed by atoms with Crippen LogP contribution >= 0.6 is 0 Å². The van der Waals surface area contributed by atoms with Crippen LogP contribution in [0.4, 0.5) is 0 Å². The van der Waals surface area contributed by atoms with E-state index in [9.17, 15) is 23.3 Å². The molecular formula is C28H27N5O4S. The Bertz CT molecular complexity index is 1640. The Morgan fingerprint density at radius 1 is 1.03 bits per heavy atom. The topological polar surface area (TPSA) is 116 Å². The van der Waals surface area contributed by atoms with Gasteiger partial charge in [-0.05, 0) is 56.7 Å². The molecule has 0 radical (unpaired) electrons. The molecule has 2 amide bonds. The lowest BCUT2D eigenvalue weighted by atomic mass is 9.92. The molecule has 1 aliphatic heterocycles. The van der Waals surface area contributed by atoms with Gasteiger partial charge < -0.3 is 0 Å². The number of hydrogen-bond donors (Lipinski definition) is 0. The first-order valence-corrected chi connectivity index (χ1v) is 13.3. The maximum absolute atomic E-state index is 13.4. The highest BCUT2D eigenvalue weighted by Crippen LogP contribution is 2.32. The summed E-state index contributed by atoms with van der Waals surface area (Å²) in [5.74, 6) is -1.13. The molecule has 1 aromatic heterocycles. The van der Waals surface area contributed by atoms with Gasteiger partial charge in [-0.1, -0.05) is 30.3 Å². The number of sulfonamides is 1. The van der Waals surface area contributed by atoms with Crippen LogP contribution in [0.15, 0.2) is 82.4 Å². The highest BCUT2D eigenvalue weighted by Gasteiger charge is 2.37. The van der Waals surface area contributed by atoms with Crippen LogP contribution in [0, 0.1) is 11.3 Å². The second kappa shape index (κ2) is 10.2. The number of aromatic nitrogens is 2. The standard InChI is InChI=1S/C28H27N5O4S/c1-18(2)33-27(34)24(19(3)25(16-29)28(33)35)15-21-17-32(22-11-7-6-8-12-22)30-26(21)20-10-9-13-23(14-20)38(36,37)31(4)5/h6-15,17-18H,1-5H3/b24-15+. The van der Waals surface area contributed by atoms with Gasteiger partial charge in [-0.25, -0.2) is 17.4 Å². The normalized spacial score (nSPS) is 15.6. The van der Waals surface area contributed by atoms with Crippen molar-refractivity contribution in [2.75, 3.05) is 14.1 Å². The van der Waals surface area contributed by atoms with E-state index >= 15 is 0 Å². The van der Waals surface area contributed by atoms with Crippen LogP contribution in [0.2, 0.25) is 0 Å². The summed E-state index contributed by atoms with van der Waals surface area (Å²) < 4.78 is 28.4. The Balaban J connectivity index is 1.97. The molecule has 0 aliphatic carbocycles. The van der Waals surface area contributed by atoms with E-state index in [-0.39, 0.29) is 21.6 Å². The van der Waals surface area contributed by atoms with Gasteiger partial charge in [0, 0.05) is 43.0 Å². The fourth-order valence-corrected chi connectivity index (χ4v) is 5.12. The van der Waals surface area contributed by atoms with Crippen LogP contribution in [-0.2, 0) is 19.6 Å². The van der Waals surface area contributed by atoms with E-state index < -0.39 is 27.9 Å². The number of imide groups is 1. The van der Waals surface area contributed by atoms with Gasteiger partial charge in [0.2, 0.25) is 10.0 Å². The van der Waals surface area contributed by atoms with E-state index in [1.54, 1.807) is 49.9 Å². The van der Waals surface area contributed by atoms with Gasteiger partial charge in [0.15, 0.2) is 0 Å². The largest absolute Gasteiger partial charge is 0.271 e. The first-order valence-electron chi connectivity index (χ1n) is 11.9. The number of carbonyl (C=O) groups excluding carboxylic acids is 2. The van der Waals surface area contributed by atoms with Crippen molar-refractivity contribution in [2.24, 2.45) is 0 Å². The van der Waals surface area contributed by atoms with Gasteiger partial charge in [-0.15, -0.1) is 0 Å². The van der Waals surface area contributed by atoms with Gasteiger partial charge in [-0.3, -0.25) is 14.5 Å². The lowest BCUT2D eigenvalue weighted by Gasteiger charge is -2.30. The number of carbonyl (C=O) groups is 2. The molecule has 9 nitrogen and oxygen atoms in total. The van der Waals surface area contributed by atoms with Crippen LogP contribution in [-0.4, -0.2) is 59.4 Å². The minimum atomic E-state index is -3.70. The highest BCUT2D eigenvalue weighted by atomic mass is 32.2. The van der Waals surface area contributed by atoms with Crippen molar-refractivity contribution in [3.05, 3.63) is 83.1 Å².